The Labute approximate surface area is 569 Å². The fourth-order valence-electron chi connectivity index (χ4n) is 12.6. The van der Waals surface area contributed by atoms with Crippen LogP contribution in [0.4, 0.5) is 69.3 Å². The summed E-state index contributed by atoms with van der Waals surface area (Å²) in [5, 5.41) is 73.5. The maximum absolute atomic E-state index is 15.5. The molecule has 2 atom stereocenters. The van der Waals surface area contributed by atoms with Gasteiger partial charge in [0.25, 0.3) is 5.91 Å². The van der Waals surface area contributed by atoms with Gasteiger partial charge in [-0.3, -0.25) is 14.4 Å². The van der Waals surface area contributed by atoms with Crippen LogP contribution in [0.2, 0.25) is 0 Å². The molecular formula is C69H84N21O6S+. The molecule has 0 spiro atoms. The standard InChI is InChI=1S/C69H84N21O6S/c1-18-95-52(91)36-87(37-53(92)96-19-2)65(93)50-22-20-24-90(50,58-46(11)30-40(5)31-47(58)12)51-32-45(10)56(62(74-51)75-54-41(6)26-38(3)27-42(54)7)79-82-64-49(34-71)59(69(13,14)15)85-89(64)68-84-83-67(97-68)88-35-48(33-70)60(86-88)81-80-57-61(73-23-21-25-94-17)77-66(72-16)78-63(57)76-55-43(8)28-39(4)29-44(55)9/h26-32,35,50H,18-25,36-37H2,1-17H3,(H,74,75)(H3,72,73,76,77,78)/q+1. The Hall–Kier alpha value is -10.4. The minimum atomic E-state index is -0.874. The van der Waals surface area contributed by atoms with Crippen molar-refractivity contribution >= 4 is 98.5 Å². The Morgan fingerprint density at radius 2 is 1.27 bits per heavy atom. The van der Waals surface area contributed by atoms with E-state index < -0.39 is 42.4 Å². The number of hydrogen-bond donors (Lipinski definition) is 4. The average Bonchev–Trinajstić information content (AvgIpc) is 1.70. The Balaban J connectivity index is 1.17. The number of nitriles is 2. The van der Waals surface area contributed by atoms with Crippen molar-refractivity contribution in [3.8, 4) is 22.4 Å². The highest BCUT2D eigenvalue weighted by Crippen LogP contribution is 2.50. The van der Waals surface area contributed by atoms with Crippen LogP contribution in [0.5, 0.6) is 0 Å². The lowest BCUT2D eigenvalue weighted by Gasteiger charge is -2.41. The largest absolute Gasteiger partial charge is 0.465 e. The van der Waals surface area contributed by atoms with Crippen molar-refractivity contribution in [1.82, 2.24) is 54.1 Å². The van der Waals surface area contributed by atoms with E-state index in [2.05, 4.69) is 95.3 Å². The fourth-order valence-corrected chi connectivity index (χ4v) is 13.4. The van der Waals surface area contributed by atoms with Gasteiger partial charge in [0, 0.05) is 74.1 Å². The summed E-state index contributed by atoms with van der Waals surface area (Å²) in [4.78, 5) is 58.4. The number of esters is 2. The van der Waals surface area contributed by atoms with E-state index in [9.17, 15) is 20.1 Å². The number of pyridine rings is 1. The quantitative estimate of drug-likeness (QED) is 0.0179. The highest BCUT2D eigenvalue weighted by molar-refractivity contribution is 7.16. The number of hydrogen-bond acceptors (Lipinski definition) is 24. The molecule has 2 unspecified atom stereocenters. The van der Waals surface area contributed by atoms with Gasteiger partial charge in [-0.25, -0.2) is 9.16 Å². The first kappa shape index (κ1) is 70.9. The summed E-state index contributed by atoms with van der Waals surface area (Å²) < 4.78 is 18.7. The predicted molar refractivity (Wildman–Crippen MR) is 374 cm³/mol. The lowest BCUT2D eigenvalue weighted by atomic mass is 9.90. The topological polar surface area (TPSA) is 327 Å². The highest BCUT2D eigenvalue weighted by Gasteiger charge is 2.54. The van der Waals surface area contributed by atoms with Crippen molar-refractivity contribution in [2.45, 2.75) is 135 Å². The number of ether oxygens (including phenoxy) is 3. The third kappa shape index (κ3) is 15.3. The van der Waals surface area contributed by atoms with Crippen molar-refractivity contribution in [1.29, 1.82) is 10.5 Å². The SMILES string of the molecule is CCOC(=O)CN(CC(=O)OCC)C(=O)C1CCC[N+]1(c1cc(C)c(N=Nc2c(C#N)c(C(C)(C)C)nn2-c2nnc(-n3cc(C#N)c(N=Nc4c(NCCCOC)nc(NC)nc4Nc4c(C)cc(C)cc4C)n3)s2)c(Nc2c(C)cc(C)cc2C)n1)c1c(C)cc(C)cc1C. The molecule has 97 heavy (non-hydrogen) atoms. The minimum absolute atomic E-state index is 0.0318. The molecule has 28 heteroatoms. The number of nitrogens with zero attached hydrogens (tertiary/aromatic N) is 17. The van der Waals surface area contributed by atoms with Crippen LogP contribution in [0.15, 0.2) is 69.1 Å². The van der Waals surface area contributed by atoms with E-state index in [4.69, 9.17) is 44.5 Å². The second-order valence-corrected chi connectivity index (χ2v) is 26.2. The average molecular weight is 1340 g/mol. The lowest BCUT2D eigenvalue weighted by Crippen LogP contribution is -2.58. The van der Waals surface area contributed by atoms with E-state index in [1.807, 2.05) is 96.1 Å². The van der Waals surface area contributed by atoms with Crippen LogP contribution < -0.4 is 25.8 Å². The summed E-state index contributed by atoms with van der Waals surface area (Å²) in [5.74, 6) is 0.0835. The molecule has 27 nitrogen and oxygen atoms in total. The normalized spacial score (nSPS) is 14.6. The van der Waals surface area contributed by atoms with Crippen molar-refractivity contribution in [2.75, 3.05) is 81.4 Å². The third-order valence-corrected chi connectivity index (χ3v) is 17.4. The molecule has 1 amide bonds. The fraction of sp³-hybridized carbons (Fsp3) is 0.420. The summed E-state index contributed by atoms with van der Waals surface area (Å²) in [7, 11) is 3.36. The number of quaternary nitrogens is 1. The third-order valence-electron chi connectivity index (χ3n) is 16.5. The minimum Gasteiger partial charge on any atom is -0.465 e. The van der Waals surface area contributed by atoms with Gasteiger partial charge in [-0.1, -0.05) is 85.2 Å². The zero-order valence-corrected chi connectivity index (χ0v) is 59.0. The van der Waals surface area contributed by atoms with Crippen molar-refractivity contribution < 1.29 is 28.6 Å². The molecule has 0 saturated carbocycles. The predicted octanol–water partition coefficient (Wildman–Crippen LogP) is 13.8. The van der Waals surface area contributed by atoms with Crippen LogP contribution in [0.25, 0.3) is 10.3 Å². The number of amides is 1. The number of azo groups is 2. The van der Waals surface area contributed by atoms with Crippen molar-refractivity contribution in [2.24, 2.45) is 20.5 Å². The van der Waals surface area contributed by atoms with Crippen LogP contribution in [0.1, 0.15) is 126 Å². The summed E-state index contributed by atoms with van der Waals surface area (Å²) in [6.07, 6.45) is 3.10. The summed E-state index contributed by atoms with van der Waals surface area (Å²) >= 11 is 1.06. The maximum atomic E-state index is 15.5. The molecule has 1 fully saturated rings. The molecule has 1 aliphatic heterocycles. The van der Waals surface area contributed by atoms with E-state index >= 15 is 4.79 Å². The second kappa shape index (κ2) is 30.1. The van der Waals surface area contributed by atoms with Gasteiger partial charge in [0.2, 0.25) is 27.8 Å². The second-order valence-electron chi connectivity index (χ2n) is 25.2. The number of methoxy groups -OCH3 is 1. The summed E-state index contributed by atoms with van der Waals surface area (Å²) in [6, 6.07) is 18.0. The molecule has 9 rings (SSSR count). The van der Waals surface area contributed by atoms with Crippen LogP contribution in [0, 0.1) is 91.9 Å². The maximum Gasteiger partial charge on any atom is 0.325 e. The number of anilines is 6. The molecule has 6 heterocycles. The lowest BCUT2D eigenvalue weighted by molar-refractivity contribution is -0.155. The molecule has 4 N–H and O–H groups in total. The van der Waals surface area contributed by atoms with Crippen LogP contribution in [-0.2, 0) is 34.0 Å². The number of carbonyl (C=O) groups excluding carboxylic acids is 3. The van der Waals surface area contributed by atoms with Gasteiger partial charge in [-0.2, -0.15) is 35.3 Å². The molecule has 3 aromatic carbocycles. The Morgan fingerprint density at radius 1 is 0.711 bits per heavy atom. The summed E-state index contributed by atoms with van der Waals surface area (Å²) in [6.45, 7) is 29.9. The molecule has 1 saturated heterocycles. The summed E-state index contributed by atoms with van der Waals surface area (Å²) in [5.41, 5.74) is 12.4. The number of aryl methyl sites for hydroxylation is 10. The van der Waals surface area contributed by atoms with Gasteiger partial charge in [-0.15, -0.1) is 35.8 Å². The Morgan fingerprint density at radius 3 is 1.81 bits per heavy atom. The number of benzene rings is 3. The van der Waals surface area contributed by atoms with E-state index in [-0.39, 0.29) is 56.4 Å². The molecular weight excluding hydrogens is 1250 g/mol. The van der Waals surface area contributed by atoms with Crippen molar-refractivity contribution in [3.05, 3.63) is 121 Å². The zero-order chi connectivity index (χ0) is 70.2. The van der Waals surface area contributed by atoms with Gasteiger partial charge in [0.1, 0.15) is 47.7 Å². The molecule has 0 radical (unpaired) electrons. The number of nitrogens with one attached hydrogen (secondary N) is 4. The molecule has 8 aromatic rings. The molecule has 0 bridgehead atoms. The first-order valence-electron chi connectivity index (χ1n) is 32.1. The molecule has 0 aliphatic carbocycles. The van der Waals surface area contributed by atoms with Gasteiger partial charge in [0.15, 0.2) is 35.0 Å². The highest BCUT2D eigenvalue weighted by atomic mass is 32.1. The van der Waals surface area contributed by atoms with Gasteiger partial charge in [-0.05, 0) is 117 Å². The van der Waals surface area contributed by atoms with E-state index in [0.717, 1.165) is 78.5 Å². The van der Waals surface area contributed by atoms with Crippen LogP contribution in [0.3, 0.4) is 0 Å². The first-order valence-corrected chi connectivity index (χ1v) is 32.9. The molecule has 5 aromatic heterocycles. The van der Waals surface area contributed by atoms with E-state index in [1.165, 1.54) is 20.5 Å². The monoisotopic (exact) mass is 1330 g/mol. The van der Waals surface area contributed by atoms with Gasteiger partial charge >= 0.3 is 11.9 Å². The number of carbonyl (C=O) groups is 3. The van der Waals surface area contributed by atoms with Crippen molar-refractivity contribution in [3.63, 3.8) is 0 Å². The number of aromatic nitrogens is 9. The van der Waals surface area contributed by atoms with Gasteiger partial charge in [0.05, 0.1) is 31.6 Å². The smallest absolute Gasteiger partial charge is 0.325 e. The Kier molecular flexibility index (Phi) is 22.0. The number of rotatable bonds is 25. The Bertz CT molecular complexity index is 4380. The van der Waals surface area contributed by atoms with E-state index in [0.29, 0.717) is 85.1 Å². The first-order chi connectivity index (χ1) is 46.3. The van der Waals surface area contributed by atoms with Crippen LogP contribution >= 0.6 is 11.3 Å². The molecule has 506 valence electrons. The van der Waals surface area contributed by atoms with E-state index in [1.54, 1.807) is 28.0 Å². The molecule has 1 aliphatic rings. The van der Waals surface area contributed by atoms with Gasteiger partial charge < -0.3 is 40.4 Å². The van der Waals surface area contributed by atoms with Crippen LogP contribution in [-0.4, -0.2) is 134 Å². The zero-order valence-electron chi connectivity index (χ0n) is 58.2.